The molecule has 1 aliphatic heterocycles. The fraction of sp³-hybridized carbons (Fsp3) is 0.409. The molecule has 3 rings (SSSR count). The van der Waals surface area contributed by atoms with Crippen molar-refractivity contribution in [3.8, 4) is 0 Å². The summed E-state index contributed by atoms with van der Waals surface area (Å²) in [7, 11) is -3.48. The molecule has 1 amide bonds. The molecule has 2 aromatic carbocycles. The van der Waals surface area contributed by atoms with E-state index in [-0.39, 0.29) is 22.8 Å². The second kappa shape index (κ2) is 8.88. The molecule has 0 spiro atoms. The van der Waals surface area contributed by atoms with Crippen LogP contribution in [0.3, 0.4) is 0 Å². The molecule has 150 valence electrons. The third-order valence-corrected chi connectivity index (χ3v) is 7.09. The number of piperidine rings is 1. The SMILES string of the molecule is CC(C)[C@H](NC(=O)c1ccc(S(=O)(=O)N2CCCCC2)cc1)c1ccccc1. The molecular weight excluding hydrogens is 372 g/mol. The zero-order chi connectivity index (χ0) is 20.1. The van der Waals surface area contributed by atoms with Crippen LogP contribution in [0.15, 0.2) is 59.5 Å². The first kappa shape index (κ1) is 20.6. The second-order valence-corrected chi connectivity index (χ2v) is 9.53. The Bertz CT molecular complexity index is 887. The lowest BCUT2D eigenvalue weighted by Crippen LogP contribution is -2.35. The van der Waals surface area contributed by atoms with Gasteiger partial charge in [-0.05, 0) is 48.6 Å². The van der Waals surface area contributed by atoms with Gasteiger partial charge in [-0.1, -0.05) is 50.6 Å². The van der Waals surface area contributed by atoms with Gasteiger partial charge in [-0.2, -0.15) is 4.31 Å². The first-order chi connectivity index (χ1) is 13.4. The smallest absolute Gasteiger partial charge is 0.251 e. The van der Waals surface area contributed by atoms with Crippen LogP contribution < -0.4 is 5.32 Å². The van der Waals surface area contributed by atoms with Gasteiger partial charge in [-0.25, -0.2) is 8.42 Å². The quantitative estimate of drug-likeness (QED) is 0.797. The minimum atomic E-state index is -3.48. The molecule has 1 aliphatic rings. The minimum Gasteiger partial charge on any atom is -0.345 e. The lowest BCUT2D eigenvalue weighted by molar-refractivity contribution is 0.0925. The Balaban J connectivity index is 1.74. The van der Waals surface area contributed by atoms with E-state index in [4.69, 9.17) is 0 Å². The highest BCUT2D eigenvalue weighted by Crippen LogP contribution is 2.23. The van der Waals surface area contributed by atoms with Gasteiger partial charge >= 0.3 is 0 Å². The van der Waals surface area contributed by atoms with Crippen molar-refractivity contribution in [3.63, 3.8) is 0 Å². The maximum absolute atomic E-state index is 12.7. The Hall–Kier alpha value is -2.18. The van der Waals surface area contributed by atoms with Crippen molar-refractivity contribution < 1.29 is 13.2 Å². The average Bonchev–Trinajstić information content (AvgIpc) is 2.73. The standard InChI is InChI=1S/C22H28N2O3S/c1-17(2)21(18-9-5-3-6-10-18)23-22(25)19-11-13-20(14-12-19)28(26,27)24-15-7-4-8-16-24/h3,5-6,9-14,17,21H,4,7-8,15-16H2,1-2H3,(H,23,25)/t21-/m0/s1. The lowest BCUT2D eigenvalue weighted by atomic mass is 9.95. The molecule has 1 N–H and O–H groups in total. The maximum Gasteiger partial charge on any atom is 0.251 e. The van der Waals surface area contributed by atoms with Crippen molar-refractivity contribution in [2.45, 2.75) is 44.0 Å². The molecule has 2 aromatic rings. The Morgan fingerprint density at radius 1 is 0.929 bits per heavy atom. The summed E-state index contributed by atoms with van der Waals surface area (Å²) in [5.74, 6) is 0.0228. The van der Waals surface area contributed by atoms with Crippen molar-refractivity contribution in [2.75, 3.05) is 13.1 Å². The topological polar surface area (TPSA) is 66.5 Å². The van der Waals surface area contributed by atoms with Gasteiger partial charge in [0.25, 0.3) is 5.91 Å². The number of carbonyl (C=O) groups excluding carboxylic acids is 1. The molecule has 6 heteroatoms. The minimum absolute atomic E-state index is 0.106. The monoisotopic (exact) mass is 400 g/mol. The van der Waals surface area contributed by atoms with Crippen molar-refractivity contribution in [1.29, 1.82) is 0 Å². The van der Waals surface area contributed by atoms with E-state index in [9.17, 15) is 13.2 Å². The number of amides is 1. The van der Waals surface area contributed by atoms with E-state index in [1.165, 1.54) is 16.4 Å². The van der Waals surface area contributed by atoms with Crippen LogP contribution in [0.5, 0.6) is 0 Å². The first-order valence-electron chi connectivity index (χ1n) is 9.85. The number of rotatable bonds is 6. The Labute approximate surface area is 167 Å². The molecule has 1 saturated heterocycles. The Morgan fingerprint density at radius 2 is 1.54 bits per heavy atom. The molecule has 0 saturated carbocycles. The lowest BCUT2D eigenvalue weighted by Gasteiger charge is -2.26. The highest BCUT2D eigenvalue weighted by Gasteiger charge is 2.26. The maximum atomic E-state index is 12.7. The van der Waals surface area contributed by atoms with Gasteiger partial charge in [0.05, 0.1) is 10.9 Å². The van der Waals surface area contributed by atoms with Crippen LogP contribution in [-0.2, 0) is 10.0 Å². The summed E-state index contributed by atoms with van der Waals surface area (Å²) in [5.41, 5.74) is 1.51. The average molecular weight is 401 g/mol. The van der Waals surface area contributed by atoms with E-state index in [1.54, 1.807) is 12.1 Å². The zero-order valence-corrected chi connectivity index (χ0v) is 17.3. The van der Waals surface area contributed by atoms with E-state index < -0.39 is 10.0 Å². The van der Waals surface area contributed by atoms with E-state index in [0.717, 1.165) is 24.8 Å². The summed E-state index contributed by atoms with van der Waals surface area (Å²) in [6.07, 6.45) is 2.87. The van der Waals surface area contributed by atoms with Crippen molar-refractivity contribution in [2.24, 2.45) is 5.92 Å². The van der Waals surface area contributed by atoms with Crippen molar-refractivity contribution >= 4 is 15.9 Å². The molecule has 5 nitrogen and oxygen atoms in total. The van der Waals surface area contributed by atoms with Gasteiger partial charge in [0.15, 0.2) is 0 Å². The Kier molecular flexibility index (Phi) is 6.52. The molecule has 1 atom stereocenters. The third-order valence-electron chi connectivity index (χ3n) is 5.18. The summed E-state index contributed by atoms with van der Waals surface area (Å²) in [5, 5.41) is 3.07. The molecule has 28 heavy (non-hydrogen) atoms. The number of sulfonamides is 1. The fourth-order valence-electron chi connectivity index (χ4n) is 3.55. The largest absolute Gasteiger partial charge is 0.345 e. The van der Waals surface area contributed by atoms with E-state index >= 15 is 0 Å². The first-order valence-corrected chi connectivity index (χ1v) is 11.3. The second-order valence-electron chi connectivity index (χ2n) is 7.59. The van der Waals surface area contributed by atoms with Crippen LogP contribution in [0.1, 0.15) is 55.1 Å². The van der Waals surface area contributed by atoms with Gasteiger partial charge in [0, 0.05) is 18.7 Å². The van der Waals surface area contributed by atoms with E-state index in [2.05, 4.69) is 19.2 Å². The van der Waals surface area contributed by atoms with Gasteiger partial charge in [0.1, 0.15) is 0 Å². The normalized spacial score (nSPS) is 16.7. The number of hydrogen-bond acceptors (Lipinski definition) is 3. The van der Waals surface area contributed by atoms with Gasteiger partial charge in [-0.15, -0.1) is 0 Å². The summed E-state index contributed by atoms with van der Waals surface area (Å²) in [6, 6.07) is 16.0. The van der Waals surface area contributed by atoms with Crippen LogP contribution in [0.4, 0.5) is 0 Å². The molecule has 1 fully saturated rings. The summed E-state index contributed by atoms with van der Waals surface area (Å²) < 4.78 is 27.0. The highest BCUT2D eigenvalue weighted by molar-refractivity contribution is 7.89. The number of benzene rings is 2. The van der Waals surface area contributed by atoms with E-state index in [1.807, 2.05) is 30.3 Å². The van der Waals surface area contributed by atoms with Crippen molar-refractivity contribution in [3.05, 3.63) is 65.7 Å². The molecule has 0 radical (unpaired) electrons. The molecular formula is C22H28N2O3S. The Morgan fingerprint density at radius 3 is 2.11 bits per heavy atom. The van der Waals surface area contributed by atoms with Crippen LogP contribution in [0.2, 0.25) is 0 Å². The van der Waals surface area contributed by atoms with E-state index in [0.29, 0.717) is 18.7 Å². The number of carbonyl (C=O) groups is 1. The molecule has 0 aliphatic carbocycles. The van der Waals surface area contributed by atoms with Gasteiger partial charge in [-0.3, -0.25) is 4.79 Å². The molecule has 0 bridgehead atoms. The third kappa shape index (κ3) is 4.62. The predicted molar refractivity (Wildman–Crippen MR) is 111 cm³/mol. The van der Waals surface area contributed by atoms with Crippen molar-refractivity contribution in [1.82, 2.24) is 9.62 Å². The summed E-state index contributed by atoms with van der Waals surface area (Å²) in [4.78, 5) is 13.0. The predicted octanol–water partition coefficient (Wildman–Crippen LogP) is 3.99. The number of nitrogens with zero attached hydrogens (tertiary/aromatic N) is 1. The van der Waals surface area contributed by atoms with Gasteiger partial charge < -0.3 is 5.32 Å². The van der Waals surface area contributed by atoms with Crippen LogP contribution in [0.25, 0.3) is 0 Å². The zero-order valence-electron chi connectivity index (χ0n) is 16.5. The summed E-state index contributed by atoms with van der Waals surface area (Å²) >= 11 is 0. The van der Waals surface area contributed by atoms with Gasteiger partial charge in [0.2, 0.25) is 10.0 Å². The van der Waals surface area contributed by atoms with Crippen LogP contribution >= 0.6 is 0 Å². The molecule has 0 unspecified atom stereocenters. The van der Waals surface area contributed by atoms with Crippen LogP contribution in [-0.4, -0.2) is 31.7 Å². The number of nitrogens with one attached hydrogen (secondary N) is 1. The number of hydrogen-bond donors (Lipinski definition) is 1. The highest BCUT2D eigenvalue weighted by atomic mass is 32.2. The fourth-order valence-corrected chi connectivity index (χ4v) is 5.07. The molecule has 1 heterocycles. The van der Waals surface area contributed by atoms with Crippen LogP contribution in [0, 0.1) is 5.92 Å². The summed E-state index contributed by atoms with van der Waals surface area (Å²) in [6.45, 7) is 5.26. The molecule has 0 aromatic heterocycles.